The number of amides is 2. The maximum absolute atomic E-state index is 12.3. The summed E-state index contributed by atoms with van der Waals surface area (Å²) >= 11 is 1.55. The SMILES string of the molecule is COc1ccc(N2C[C@@H](NC(=O)Cc3cccs3)CC2=O)cc1OC. The molecular weight excluding hydrogens is 340 g/mol. The van der Waals surface area contributed by atoms with E-state index in [1.165, 1.54) is 0 Å². The van der Waals surface area contributed by atoms with E-state index in [-0.39, 0.29) is 17.9 Å². The molecule has 0 bridgehead atoms. The first-order valence-corrected chi connectivity index (χ1v) is 8.83. The molecule has 1 atom stereocenters. The highest BCUT2D eigenvalue weighted by Crippen LogP contribution is 2.33. The van der Waals surface area contributed by atoms with E-state index in [0.29, 0.717) is 30.9 Å². The Hall–Kier alpha value is -2.54. The Balaban J connectivity index is 1.65. The zero-order valence-electron chi connectivity index (χ0n) is 14.2. The van der Waals surface area contributed by atoms with Crippen LogP contribution in [0.15, 0.2) is 35.7 Å². The molecule has 0 unspecified atom stereocenters. The summed E-state index contributed by atoms with van der Waals surface area (Å²) in [5, 5.41) is 4.89. The van der Waals surface area contributed by atoms with Gasteiger partial charge in [-0.1, -0.05) is 6.07 Å². The van der Waals surface area contributed by atoms with Gasteiger partial charge in [-0.05, 0) is 23.6 Å². The summed E-state index contributed by atoms with van der Waals surface area (Å²) in [6, 6.07) is 9.02. The van der Waals surface area contributed by atoms with Crippen molar-refractivity contribution in [2.24, 2.45) is 0 Å². The maximum atomic E-state index is 12.3. The highest BCUT2D eigenvalue weighted by Gasteiger charge is 2.32. The quantitative estimate of drug-likeness (QED) is 0.858. The topological polar surface area (TPSA) is 67.9 Å². The van der Waals surface area contributed by atoms with E-state index in [9.17, 15) is 9.59 Å². The van der Waals surface area contributed by atoms with Gasteiger partial charge in [0.05, 0.1) is 26.7 Å². The van der Waals surface area contributed by atoms with Crippen LogP contribution in [0, 0.1) is 0 Å². The molecule has 2 amide bonds. The number of benzene rings is 1. The van der Waals surface area contributed by atoms with Crippen molar-refractivity contribution in [1.29, 1.82) is 0 Å². The van der Waals surface area contributed by atoms with Crippen LogP contribution < -0.4 is 19.7 Å². The molecule has 1 aromatic heterocycles. The molecule has 1 N–H and O–H groups in total. The predicted octanol–water partition coefficient (Wildman–Crippen LogP) is 2.23. The minimum atomic E-state index is -0.187. The van der Waals surface area contributed by atoms with Gasteiger partial charge in [-0.15, -0.1) is 11.3 Å². The lowest BCUT2D eigenvalue weighted by Crippen LogP contribution is -2.37. The molecule has 25 heavy (non-hydrogen) atoms. The summed E-state index contributed by atoms with van der Waals surface area (Å²) in [5.41, 5.74) is 0.734. The van der Waals surface area contributed by atoms with Gasteiger partial charge in [0, 0.05) is 29.6 Å². The van der Waals surface area contributed by atoms with Crippen molar-refractivity contribution in [2.75, 3.05) is 25.7 Å². The molecule has 3 rings (SSSR count). The third-order valence-electron chi connectivity index (χ3n) is 4.08. The van der Waals surface area contributed by atoms with Gasteiger partial charge in [0.2, 0.25) is 11.8 Å². The van der Waals surface area contributed by atoms with Gasteiger partial charge in [-0.25, -0.2) is 0 Å². The monoisotopic (exact) mass is 360 g/mol. The normalized spacial score (nSPS) is 16.8. The number of carbonyl (C=O) groups is 2. The molecule has 0 radical (unpaired) electrons. The zero-order valence-corrected chi connectivity index (χ0v) is 15.0. The lowest BCUT2D eigenvalue weighted by Gasteiger charge is -2.19. The number of rotatable bonds is 6. The molecule has 0 aliphatic carbocycles. The fourth-order valence-electron chi connectivity index (χ4n) is 2.90. The fraction of sp³-hybridized carbons (Fsp3) is 0.333. The third kappa shape index (κ3) is 3.93. The Labute approximate surface area is 150 Å². The number of anilines is 1. The van der Waals surface area contributed by atoms with Crippen LogP contribution in [0.4, 0.5) is 5.69 Å². The largest absolute Gasteiger partial charge is 0.493 e. The minimum Gasteiger partial charge on any atom is -0.493 e. The van der Waals surface area contributed by atoms with Crippen LogP contribution in [0.3, 0.4) is 0 Å². The molecule has 2 aromatic rings. The Bertz CT molecular complexity index is 760. The first-order chi connectivity index (χ1) is 12.1. The number of nitrogens with zero attached hydrogens (tertiary/aromatic N) is 1. The summed E-state index contributed by atoms with van der Waals surface area (Å²) in [6.45, 7) is 0.449. The number of hydrogen-bond donors (Lipinski definition) is 1. The number of thiophene rings is 1. The molecule has 0 saturated carbocycles. The standard InChI is InChI=1S/C18H20N2O4S/c1-23-15-6-5-13(9-16(15)24-2)20-11-12(8-18(20)22)19-17(21)10-14-4-3-7-25-14/h3-7,9,12H,8,10-11H2,1-2H3,(H,19,21)/t12-/m0/s1. The van der Waals surface area contributed by atoms with Gasteiger partial charge in [-0.2, -0.15) is 0 Å². The molecule has 6 nitrogen and oxygen atoms in total. The Morgan fingerprint density at radius 2 is 2.08 bits per heavy atom. The smallest absolute Gasteiger partial charge is 0.229 e. The third-order valence-corrected chi connectivity index (χ3v) is 4.96. The van der Waals surface area contributed by atoms with Crippen LogP contribution >= 0.6 is 11.3 Å². The molecule has 132 valence electrons. The molecule has 7 heteroatoms. The molecular formula is C18H20N2O4S. The molecule has 1 aromatic carbocycles. The molecule has 0 spiro atoms. The number of hydrogen-bond acceptors (Lipinski definition) is 5. The first kappa shape index (κ1) is 17.3. The van der Waals surface area contributed by atoms with Gasteiger partial charge in [0.25, 0.3) is 0 Å². The second kappa shape index (κ2) is 7.57. The molecule has 1 aliphatic heterocycles. The lowest BCUT2D eigenvalue weighted by atomic mass is 10.2. The van der Waals surface area contributed by atoms with Crippen molar-refractivity contribution in [1.82, 2.24) is 5.32 Å². The second-order valence-electron chi connectivity index (χ2n) is 5.77. The van der Waals surface area contributed by atoms with Crippen LogP contribution in [0.2, 0.25) is 0 Å². The van der Waals surface area contributed by atoms with Crippen LogP contribution in [0.25, 0.3) is 0 Å². The van der Waals surface area contributed by atoms with Gasteiger partial charge in [-0.3, -0.25) is 9.59 Å². The van der Waals surface area contributed by atoms with E-state index in [1.54, 1.807) is 42.6 Å². The van der Waals surface area contributed by atoms with Gasteiger partial charge < -0.3 is 19.7 Å². The van der Waals surface area contributed by atoms with Gasteiger partial charge in [0.15, 0.2) is 11.5 Å². The highest BCUT2D eigenvalue weighted by molar-refractivity contribution is 7.10. The van der Waals surface area contributed by atoms with Crippen molar-refractivity contribution in [2.45, 2.75) is 18.9 Å². The van der Waals surface area contributed by atoms with Crippen molar-refractivity contribution in [3.8, 4) is 11.5 Å². The molecule has 1 saturated heterocycles. The van der Waals surface area contributed by atoms with E-state index < -0.39 is 0 Å². The van der Waals surface area contributed by atoms with Gasteiger partial charge >= 0.3 is 0 Å². The number of ether oxygens (including phenoxy) is 2. The summed E-state index contributed by atoms with van der Waals surface area (Å²) in [7, 11) is 3.12. The van der Waals surface area contributed by atoms with Crippen LogP contribution in [-0.4, -0.2) is 38.6 Å². The van der Waals surface area contributed by atoms with Crippen molar-refractivity contribution in [3.63, 3.8) is 0 Å². The molecule has 1 fully saturated rings. The van der Waals surface area contributed by atoms with E-state index >= 15 is 0 Å². The first-order valence-electron chi connectivity index (χ1n) is 7.95. The van der Waals surface area contributed by atoms with Crippen molar-refractivity contribution < 1.29 is 19.1 Å². The number of carbonyl (C=O) groups excluding carboxylic acids is 2. The van der Waals surface area contributed by atoms with Crippen LogP contribution in [-0.2, 0) is 16.0 Å². The lowest BCUT2D eigenvalue weighted by molar-refractivity contribution is -0.121. The Morgan fingerprint density at radius 1 is 1.28 bits per heavy atom. The average molecular weight is 360 g/mol. The summed E-state index contributed by atoms with van der Waals surface area (Å²) in [5.74, 6) is 1.10. The second-order valence-corrected chi connectivity index (χ2v) is 6.80. The molecule has 1 aliphatic rings. The molecule has 2 heterocycles. The van der Waals surface area contributed by atoms with E-state index in [1.807, 2.05) is 23.6 Å². The van der Waals surface area contributed by atoms with Crippen LogP contribution in [0.5, 0.6) is 11.5 Å². The van der Waals surface area contributed by atoms with Crippen molar-refractivity contribution in [3.05, 3.63) is 40.6 Å². The van der Waals surface area contributed by atoms with E-state index in [0.717, 1.165) is 10.6 Å². The van der Waals surface area contributed by atoms with Gasteiger partial charge in [0.1, 0.15) is 0 Å². The minimum absolute atomic E-state index is 0.0198. The number of methoxy groups -OCH3 is 2. The fourth-order valence-corrected chi connectivity index (χ4v) is 3.60. The van der Waals surface area contributed by atoms with E-state index in [2.05, 4.69) is 5.32 Å². The van der Waals surface area contributed by atoms with Crippen LogP contribution in [0.1, 0.15) is 11.3 Å². The average Bonchev–Trinajstić information content (AvgIpc) is 3.23. The zero-order chi connectivity index (χ0) is 17.8. The summed E-state index contributed by atoms with van der Waals surface area (Å²) in [6.07, 6.45) is 0.642. The van der Waals surface area contributed by atoms with Crippen molar-refractivity contribution >= 4 is 28.8 Å². The summed E-state index contributed by atoms with van der Waals surface area (Å²) in [4.78, 5) is 27.1. The predicted molar refractivity (Wildman–Crippen MR) is 96.5 cm³/mol. The Morgan fingerprint density at radius 3 is 2.76 bits per heavy atom. The summed E-state index contributed by atoms with van der Waals surface area (Å²) < 4.78 is 10.5. The highest BCUT2D eigenvalue weighted by atomic mass is 32.1. The number of nitrogens with one attached hydrogen (secondary N) is 1. The van der Waals surface area contributed by atoms with E-state index in [4.69, 9.17) is 9.47 Å². The maximum Gasteiger partial charge on any atom is 0.229 e. The Kier molecular flexibility index (Phi) is 5.23.